The molecule has 3 aliphatic rings. The third-order valence-corrected chi connectivity index (χ3v) is 12.9. The second-order valence-corrected chi connectivity index (χ2v) is 18.1. The first-order chi connectivity index (χ1) is 35.7. The van der Waals surface area contributed by atoms with E-state index in [4.69, 9.17) is 23.7 Å². The van der Waals surface area contributed by atoms with Crippen LogP contribution < -0.4 is 30.7 Å². The van der Waals surface area contributed by atoms with Gasteiger partial charge >= 0.3 is 0 Å². The molecule has 0 saturated carbocycles. The predicted molar refractivity (Wildman–Crippen MR) is 269 cm³/mol. The lowest BCUT2D eigenvalue weighted by molar-refractivity contribution is -0.137. The number of hydrogen-bond acceptors (Lipinski definition) is 15. The fourth-order valence-electron chi connectivity index (χ4n) is 8.94. The Labute approximate surface area is 424 Å². The van der Waals surface area contributed by atoms with E-state index in [0.29, 0.717) is 113 Å². The molecule has 2 atom stereocenters. The second kappa shape index (κ2) is 26.4. The summed E-state index contributed by atoms with van der Waals surface area (Å²) in [5, 5.41) is 20.4. The first-order valence-corrected chi connectivity index (χ1v) is 25.2. The Hall–Kier alpha value is -7.29. The van der Waals surface area contributed by atoms with Crippen molar-refractivity contribution >= 4 is 40.9 Å². The summed E-state index contributed by atoms with van der Waals surface area (Å²) in [6.45, 7) is 4.94. The highest BCUT2D eigenvalue weighted by Crippen LogP contribution is 2.36. The number of ether oxygens (including phenoxy) is 5. The van der Waals surface area contributed by atoms with Crippen molar-refractivity contribution in [1.29, 1.82) is 0 Å². The lowest BCUT2D eigenvalue weighted by atomic mass is 9.99. The van der Waals surface area contributed by atoms with Gasteiger partial charge in [0.1, 0.15) is 29.6 Å². The van der Waals surface area contributed by atoms with E-state index < -0.39 is 11.9 Å². The van der Waals surface area contributed by atoms with Crippen LogP contribution in [0.1, 0.15) is 114 Å². The maximum atomic E-state index is 13.5. The van der Waals surface area contributed by atoms with Crippen LogP contribution in [0, 0.1) is 0 Å². The number of anilines is 2. The van der Waals surface area contributed by atoms with Crippen LogP contribution in [-0.2, 0) is 48.7 Å². The van der Waals surface area contributed by atoms with E-state index in [9.17, 15) is 24.0 Å². The first-order valence-electron chi connectivity index (χ1n) is 25.2. The number of amides is 5. The molecule has 73 heavy (non-hydrogen) atoms. The molecule has 5 amide bonds. The molecule has 1 fully saturated rings. The number of unbranched alkanes of at least 4 members (excludes halogenated alkanes) is 5. The number of piperidine rings is 1. The van der Waals surface area contributed by atoms with E-state index in [1.807, 2.05) is 48.0 Å². The zero-order chi connectivity index (χ0) is 50.8. The molecule has 0 spiro atoms. The van der Waals surface area contributed by atoms with Gasteiger partial charge in [-0.25, -0.2) is 9.97 Å². The molecule has 20 heteroatoms. The third-order valence-electron chi connectivity index (χ3n) is 12.9. The number of nitrogens with zero attached hydrogens (tertiary/aromatic N) is 6. The molecule has 2 aromatic heterocycles. The molecule has 0 bridgehead atoms. The number of nitrogens with one attached hydrogen (secondary N) is 4. The molecule has 8 rings (SSSR count). The summed E-state index contributed by atoms with van der Waals surface area (Å²) >= 11 is 0. The van der Waals surface area contributed by atoms with E-state index in [1.165, 1.54) is 11.2 Å². The van der Waals surface area contributed by atoms with E-state index in [-0.39, 0.29) is 49.1 Å². The van der Waals surface area contributed by atoms with Crippen molar-refractivity contribution in [2.45, 2.75) is 95.8 Å². The van der Waals surface area contributed by atoms with Gasteiger partial charge < -0.3 is 49.1 Å². The molecular formula is C53H64N10O10. The van der Waals surface area contributed by atoms with Gasteiger partial charge in [0.2, 0.25) is 17.7 Å². The van der Waals surface area contributed by atoms with Crippen LogP contribution in [0.2, 0.25) is 0 Å². The van der Waals surface area contributed by atoms with Crippen LogP contribution in [0.25, 0.3) is 11.5 Å². The summed E-state index contributed by atoms with van der Waals surface area (Å²) in [6, 6.07) is 19.2. The van der Waals surface area contributed by atoms with Gasteiger partial charge in [-0.3, -0.25) is 29.3 Å². The van der Waals surface area contributed by atoms with Crippen LogP contribution in [-0.4, -0.2) is 118 Å². The highest BCUT2D eigenvalue weighted by molar-refractivity contribution is 6.06. The quantitative estimate of drug-likeness (QED) is 0.0328. The number of fused-ring (bicyclic) bond motifs is 2. The largest absolute Gasteiger partial charge is 0.494 e. The Balaban J connectivity index is 0.618. The van der Waals surface area contributed by atoms with Crippen LogP contribution in [0.3, 0.4) is 0 Å². The summed E-state index contributed by atoms with van der Waals surface area (Å²) in [5.41, 5.74) is 4.61. The second-order valence-electron chi connectivity index (χ2n) is 18.1. The van der Waals surface area contributed by atoms with E-state index in [0.717, 1.165) is 67.1 Å². The van der Waals surface area contributed by atoms with Crippen molar-refractivity contribution < 1.29 is 47.7 Å². The lowest BCUT2D eigenvalue weighted by Crippen LogP contribution is -2.52. The standard InChI is InChI=1S/C53H64N10O10/c1-62-47(60-61-50(62)44-20-22-54-35-56-44)33-55-37-12-9-11-36(31-37)51(66)58-43-21-26-73-46-18-16-38(32-40(43)46)72-25-8-3-2-6-23-69-27-29-71-30-28-70-24-7-4-5-15-48(64)57-42-14-10-13-39-41(42)34-63(53(39)68)45-17-19-49(65)59-52(45)67/h9-14,16,18,20,22,31-32,35,43,45,55H,2-8,15,17,19,21,23-30,33-34H2,1H3,(H,57,64)(H,58,66)(H,59,65,67)/t43-,45?/m1/s1. The monoisotopic (exact) mass is 1000 g/mol. The Bertz CT molecular complexity index is 2680. The Morgan fingerprint density at radius 3 is 2.37 bits per heavy atom. The number of imide groups is 1. The van der Waals surface area contributed by atoms with Crippen molar-refractivity contribution in [3.8, 4) is 23.0 Å². The Morgan fingerprint density at radius 1 is 0.822 bits per heavy atom. The maximum absolute atomic E-state index is 13.5. The van der Waals surface area contributed by atoms with Gasteiger partial charge in [0.25, 0.3) is 11.8 Å². The van der Waals surface area contributed by atoms with Crippen molar-refractivity contribution in [1.82, 2.24) is 40.3 Å². The molecule has 4 N–H and O–H groups in total. The smallest absolute Gasteiger partial charge is 0.255 e. The normalized spacial score (nSPS) is 16.1. The van der Waals surface area contributed by atoms with Gasteiger partial charge in [-0.2, -0.15) is 0 Å². The minimum absolute atomic E-state index is 0.137. The minimum Gasteiger partial charge on any atom is -0.494 e. The number of rotatable bonds is 28. The summed E-state index contributed by atoms with van der Waals surface area (Å²) in [4.78, 5) is 73.0. The SMILES string of the molecule is Cn1c(CNc2cccc(C(=O)N[C@@H]3CCOc4ccc(OCCCCCCOCCOCCOCCCCCC(=O)Nc5cccc6c5CN(C5CCC(=O)NC5=O)C6=O)cc43)c2)nnc1-c1ccncn1. The average Bonchev–Trinajstić information content (AvgIpc) is 3.95. The van der Waals surface area contributed by atoms with Gasteiger partial charge in [0, 0.05) is 85.9 Å². The molecule has 3 aromatic carbocycles. The van der Waals surface area contributed by atoms with Crippen molar-refractivity contribution in [2.24, 2.45) is 7.05 Å². The summed E-state index contributed by atoms with van der Waals surface area (Å²) < 4.78 is 31.0. The highest BCUT2D eigenvalue weighted by Gasteiger charge is 2.40. The summed E-state index contributed by atoms with van der Waals surface area (Å²) in [5.74, 6) is 1.45. The molecule has 20 nitrogen and oxygen atoms in total. The number of aromatic nitrogens is 5. The average molecular weight is 1000 g/mol. The van der Waals surface area contributed by atoms with Gasteiger partial charge in [-0.15, -0.1) is 10.2 Å². The molecule has 5 heterocycles. The number of hydrogen-bond donors (Lipinski definition) is 4. The van der Waals surface area contributed by atoms with Crippen LogP contribution in [0.4, 0.5) is 11.4 Å². The van der Waals surface area contributed by atoms with Gasteiger partial charge in [-0.1, -0.05) is 25.0 Å². The predicted octanol–water partition coefficient (Wildman–Crippen LogP) is 6.09. The van der Waals surface area contributed by atoms with Crippen molar-refractivity contribution in [3.63, 3.8) is 0 Å². The molecule has 5 aromatic rings. The minimum atomic E-state index is -0.707. The van der Waals surface area contributed by atoms with Gasteiger partial charge in [0.05, 0.1) is 52.2 Å². The van der Waals surface area contributed by atoms with E-state index in [1.54, 1.807) is 36.5 Å². The fraction of sp³-hybridized carbons (Fsp3) is 0.453. The maximum Gasteiger partial charge on any atom is 0.255 e. The lowest BCUT2D eigenvalue weighted by Gasteiger charge is -2.29. The molecule has 1 unspecified atom stereocenters. The number of carbonyl (C=O) groups is 5. The molecule has 0 radical (unpaired) electrons. The summed E-state index contributed by atoms with van der Waals surface area (Å²) in [6.07, 6.45) is 10.8. The Kier molecular flexibility index (Phi) is 18.8. The van der Waals surface area contributed by atoms with Crippen LogP contribution in [0.5, 0.6) is 11.5 Å². The highest BCUT2D eigenvalue weighted by atomic mass is 16.5. The van der Waals surface area contributed by atoms with Gasteiger partial charge in [-0.05, 0) is 93.1 Å². The number of benzene rings is 3. The molecule has 0 aliphatic carbocycles. The zero-order valence-corrected chi connectivity index (χ0v) is 41.3. The third kappa shape index (κ3) is 14.4. The van der Waals surface area contributed by atoms with E-state index >= 15 is 0 Å². The molecule has 1 saturated heterocycles. The Morgan fingerprint density at radius 2 is 1.59 bits per heavy atom. The number of carbonyl (C=O) groups excluding carboxylic acids is 5. The summed E-state index contributed by atoms with van der Waals surface area (Å²) in [7, 11) is 1.89. The zero-order valence-electron chi connectivity index (χ0n) is 41.3. The first kappa shape index (κ1) is 52.0. The molecular weight excluding hydrogens is 937 g/mol. The molecule has 3 aliphatic heterocycles. The van der Waals surface area contributed by atoms with Crippen LogP contribution in [0.15, 0.2) is 79.3 Å². The van der Waals surface area contributed by atoms with Gasteiger partial charge in [0.15, 0.2) is 11.6 Å². The van der Waals surface area contributed by atoms with Crippen molar-refractivity contribution in [3.05, 3.63) is 107 Å². The topological polar surface area (TPSA) is 239 Å². The fourth-order valence-corrected chi connectivity index (χ4v) is 8.94. The van der Waals surface area contributed by atoms with E-state index in [2.05, 4.69) is 41.4 Å². The van der Waals surface area contributed by atoms with Crippen LogP contribution >= 0.6 is 0 Å². The molecule has 386 valence electrons. The van der Waals surface area contributed by atoms with Crippen molar-refractivity contribution in [2.75, 3.05) is 63.5 Å².